The first-order valence-electron chi connectivity index (χ1n) is 8.37. The first kappa shape index (κ1) is 16.6. The Morgan fingerprint density at radius 1 is 1.38 bits per heavy atom. The standard InChI is InChI=1S/C16H23N5O3/c1-4-12(5-2)21-13(6-7-17-21)16(22)20-8-9-23-10-14(20)15-19-18-11(3)24-15/h6-7,12,14H,4-5,8-10H2,1-3H3/t14-/m1/s1. The molecule has 1 aliphatic rings. The molecule has 2 aromatic heterocycles. The minimum absolute atomic E-state index is 0.0800. The Kier molecular flexibility index (Phi) is 4.94. The van der Waals surface area contributed by atoms with E-state index < -0.39 is 0 Å². The molecule has 3 rings (SSSR count). The Morgan fingerprint density at radius 3 is 2.83 bits per heavy atom. The fraction of sp³-hybridized carbons (Fsp3) is 0.625. The number of aromatic nitrogens is 4. The summed E-state index contributed by atoms with van der Waals surface area (Å²) in [6.45, 7) is 7.26. The van der Waals surface area contributed by atoms with E-state index in [1.165, 1.54) is 0 Å². The van der Waals surface area contributed by atoms with Gasteiger partial charge in [-0.2, -0.15) is 5.10 Å². The van der Waals surface area contributed by atoms with Gasteiger partial charge in [-0.05, 0) is 18.9 Å². The largest absolute Gasteiger partial charge is 0.423 e. The molecule has 0 unspecified atom stereocenters. The van der Waals surface area contributed by atoms with Crippen molar-refractivity contribution in [3.05, 3.63) is 29.7 Å². The fourth-order valence-electron chi connectivity index (χ4n) is 3.05. The van der Waals surface area contributed by atoms with Gasteiger partial charge in [0.15, 0.2) is 0 Å². The first-order valence-corrected chi connectivity index (χ1v) is 8.37. The zero-order chi connectivity index (χ0) is 17.1. The lowest BCUT2D eigenvalue weighted by Crippen LogP contribution is -2.44. The molecule has 1 atom stereocenters. The minimum atomic E-state index is -0.363. The van der Waals surface area contributed by atoms with Crippen molar-refractivity contribution in [2.45, 2.75) is 45.7 Å². The van der Waals surface area contributed by atoms with E-state index in [-0.39, 0.29) is 18.0 Å². The first-order chi connectivity index (χ1) is 11.7. The maximum absolute atomic E-state index is 13.1. The maximum Gasteiger partial charge on any atom is 0.272 e. The highest BCUT2D eigenvalue weighted by Gasteiger charge is 2.34. The molecule has 8 nitrogen and oxygen atoms in total. The van der Waals surface area contributed by atoms with E-state index in [4.69, 9.17) is 9.15 Å². The van der Waals surface area contributed by atoms with Gasteiger partial charge in [-0.25, -0.2) is 0 Å². The summed E-state index contributed by atoms with van der Waals surface area (Å²) in [6.07, 6.45) is 3.53. The molecule has 1 saturated heterocycles. The summed E-state index contributed by atoms with van der Waals surface area (Å²) in [4.78, 5) is 14.9. The number of carbonyl (C=O) groups is 1. The summed E-state index contributed by atoms with van der Waals surface area (Å²) in [5, 5.41) is 12.3. The van der Waals surface area contributed by atoms with Crippen molar-refractivity contribution in [1.29, 1.82) is 0 Å². The van der Waals surface area contributed by atoms with Gasteiger partial charge in [-0.1, -0.05) is 13.8 Å². The van der Waals surface area contributed by atoms with E-state index >= 15 is 0 Å². The van der Waals surface area contributed by atoms with Gasteiger partial charge in [0.25, 0.3) is 5.91 Å². The predicted molar refractivity (Wildman–Crippen MR) is 85.5 cm³/mol. The van der Waals surface area contributed by atoms with E-state index in [0.717, 1.165) is 12.8 Å². The molecule has 2 aromatic rings. The Morgan fingerprint density at radius 2 is 2.17 bits per heavy atom. The Bertz CT molecular complexity index is 691. The molecule has 0 radical (unpaired) electrons. The van der Waals surface area contributed by atoms with Crippen LogP contribution in [0.3, 0.4) is 0 Å². The minimum Gasteiger partial charge on any atom is -0.423 e. The molecule has 0 N–H and O–H groups in total. The number of hydrogen-bond acceptors (Lipinski definition) is 6. The van der Waals surface area contributed by atoms with Crippen molar-refractivity contribution in [3.8, 4) is 0 Å². The number of carbonyl (C=O) groups excluding carboxylic acids is 1. The van der Waals surface area contributed by atoms with Crippen molar-refractivity contribution >= 4 is 5.91 Å². The van der Waals surface area contributed by atoms with Crippen molar-refractivity contribution in [2.24, 2.45) is 0 Å². The Balaban J connectivity index is 1.89. The normalized spacial score (nSPS) is 18.3. The third-order valence-electron chi connectivity index (χ3n) is 4.39. The molecule has 1 aliphatic heterocycles. The van der Waals surface area contributed by atoms with Gasteiger partial charge >= 0.3 is 0 Å². The van der Waals surface area contributed by atoms with Gasteiger partial charge in [0.1, 0.15) is 11.7 Å². The lowest BCUT2D eigenvalue weighted by Gasteiger charge is -2.33. The van der Waals surface area contributed by atoms with Crippen LogP contribution in [0.4, 0.5) is 0 Å². The van der Waals surface area contributed by atoms with Crippen LogP contribution in [0.25, 0.3) is 0 Å². The molecule has 3 heterocycles. The molecule has 0 bridgehead atoms. The lowest BCUT2D eigenvalue weighted by atomic mass is 10.1. The van der Waals surface area contributed by atoms with E-state index in [2.05, 4.69) is 29.1 Å². The predicted octanol–water partition coefficient (Wildman–Crippen LogP) is 2.15. The van der Waals surface area contributed by atoms with Crippen LogP contribution in [0.1, 0.15) is 61.0 Å². The van der Waals surface area contributed by atoms with Gasteiger partial charge in [0, 0.05) is 19.7 Å². The summed E-state index contributed by atoms with van der Waals surface area (Å²) < 4.78 is 12.9. The molecule has 1 amide bonds. The van der Waals surface area contributed by atoms with Crippen LogP contribution in [0.5, 0.6) is 0 Å². The van der Waals surface area contributed by atoms with Gasteiger partial charge in [-0.15, -0.1) is 10.2 Å². The number of aryl methyl sites for hydroxylation is 1. The molecular formula is C16H23N5O3. The number of nitrogens with zero attached hydrogens (tertiary/aromatic N) is 5. The number of ether oxygens (including phenoxy) is 1. The monoisotopic (exact) mass is 333 g/mol. The molecular weight excluding hydrogens is 310 g/mol. The fourth-order valence-corrected chi connectivity index (χ4v) is 3.05. The third-order valence-corrected chi connectivity index (χ3v) is 4.39. The number of morpholine rings is 1. The Labute approximate surface area is 140 Å². The second-order valence-corrected chi connectivity index (χ2v) is 5.88. The molecule has 130 valence electrons. The number of amides is 1. The Hall–Kier alpha value is -2.22. The van der Waals surface area contributed by atoms with Gasteiger partial charge in [-0.3, -0.25) is 9.48 Å². The topological polar surface area (TPSA) is 86.3 Å². The average molecular weight is 333 g/mol. The summed E-state index contributed by atoms with van der Waals surface area (Å²) in [7, 11) is 0. The van der Waals surface area contributed by atoms with Gasteiger partial charge in [0.05, 0.1) is 19.3 Å². The maximum atomic E-state index is 13.1. The van der Waals surface area contributed by atoms with Crippen molar-refractivity contribution in [1.82, 2.24) is 24.9 Å². The number of hydrogen-bond donors (Lipinski definition) is 0. The molecule has 0 aliphatic carbocycles. The zero-order valence-corrected chi connectivity index (χ0v) is 14.3. The van der Waals surface area contributed by atoms with Crippen LogP contribution in [-0.4, -0.2) is 50.5 Å². The van der Waals surface area contributed by atoms with E-state index in [9.17, 15) is 4.79 Å². The van der Waals surface area contributed by atoms with Gasteiger partial charge < -0.3 is 14.1 Å². The van der Waals surface area contributed by atoms with E-state index in [1.807, 2.05) is 4.68 Å². The SMILES string of the molecule is CCC(CC)n1nccc1C(=O)N1CCOC[C@@H]1c1nnc(C)o1. The summed E-state index contributed by atoms with van der Waals surface area (Å²) >= 11 is 0. The van der Waals surface area contributed by atoms with Crippen LogP contribution in [-0.2, 0) is 4.74 Å². The summed E-state index contributed by atoms with van der Waals surface area (Å²) in [5.74, 6) is 0.808. The lowest BCUT2D eigenvalue weighted by molar-refractivity contribution is -0.0113. The average Bonchev–Trinajstić information content (AvgIpc) is 3.25. The highest BCUT2D eigenvalue weighted by atomic mass is 16.5. The van der Waals surface area contributed by atoms with Crippen LogP contribution in [0.2, 0.25) is 0 Å². The van der Waals surface area contributed by atoms with E-state index in [1.54, 1.807) is 24.1 Å². The molecule has 1 fully saturated rings. The highest BCUT2D eigenvalue weighted by molar-refractivity contribution is 5.93. The smallest absolute Gasteiger partial charge is 0.272 e. The van der Waals surface area contributed by atoms with Crippen LogP contribution in [0.15, 0.2) is 16.7 Å². The molecule has 0 spiro atoms. The van der Waals surface area contributed by atoms with Gasteiger partial charge in [0.2, 0.25) is 11.8 Å². The molecule has 24 heavy (non-hydrogen) atoms. The van der Waals surface area contributed by atoms with Crippen LogP contribution >= 0.6 is 0 Å². The van der Waals surface area contributed by atoms with Crippen LogP contribution in [0, 0.1) is 6.92 Å². The second-order valence-electron chi connectivity index (χ2n) is 5.88. The molecule has 0 aromatic carbocycles. The van der Waals surface area contributed by atoms with Crippen molar-refractivity contribution < 1.29 is 13.9 Å². The van der Waals surface area contributed by atoms with Crippen LogP contribution < -0.4 is 0 Å². The quantitative estimate of drug-likeness (QED) is 0.833. The summed E-state index contributed by atoms with van der Waals surface area (Å²) in [6, 6.07) is 1.62. The van der Waals surface area contributed by atoms with Crippen molar-refractivity contribution in [2.75, 3.05) is 19.8 Å². The zero-order valence-electron chi connectivity index (χ0n) is 14.3. The molecule has 0 saturated carbocycles. The highest BCUT2D eigenvalue weighted by Crippen LogP contribution is 2.26. The second kappa shape index (κ2) is 7.12. The van der Waals surface area contributed by atoms with E-state index in [0.29, 0.717) is 37.2 Å². The molecule has 8 heteroatoms. The number of rotatable bonds is 5. The van der Waals surface area contributed by atoms with Crippen molar-refractivity contribution in [3.63, 3.8) is 0 Å². The summed E-state index contributed by atoms with van der Waals surface area (Å²) in [5.41, 5.74) is 0.590. The third kappa shape index (κ3) is 3.06.